The molecule has 1 fully saturated rings. The first-order valence-corrected chi connectivity index (χ1v) is 6.20. The number of allylic oxidation sites excluding steroid dienone is 1. The molecule has 1 saturated carbocycles. The maximum Gasteiger partial charge on any atom is 0.366 e. The fraction of sp³-hybridized carbons (Fsp3) is 0.357. The van der Waals surface area contributed by atoms with Gasteiger partial charge in [0.15, 0.2) is 0 Å². The highest BCUT2D eigenvalue weighted by Gasteiger charge is 2.32. The molecule has 2 rings (SSSR count). The summed E-state index contributed by atoms with van der Waals surface area (Å²) in [5.74, 6) is -1.43. The van der Waals surface area contributed by atoms with Gasteiger partial charge in [0.05, 0.1) is 7.11 Å². The Morgan fingerprint density at radius 3 is 2.56 bits per heavy atom. The second-order valence-corrected chi connectivity index (χ2v) is 4.86. The van der Waals surface area contributed by atoms with Crippen LogP contribution in [0.25, 0.3) is 0 Å². The molecule has 1 unspecified atom stereocenters. The molecular weight excluding hydrogens is 255 g/mol. The molecule has 1 aliphatic carbocycles. The third kappa shape index (κ3) is 3.10. The molecule has 0 radical (unpaired) electrons. The summed E-state index contributed by atoms with van der Waals surface area (Å²) in [6, 6.07) is 7.28. The molecular formula is C14H14ClFO2. The number of ether oxygens (including phenoxy) is 1. The van der Waals surface area contributed by atoms with Crippen molar-refractivity contribution in [1.29, 1.82) is 0 Å². The third-order valence-electron chi connectivity index (χ3n) is 3.09. The molecule has 1 atom stereocenters. The SMILES string of the molecule is COC(=O)/C(F)=C/C(c1ccc(Cl)cc1)C1CC1. The first kappa shape index (κ1) is 13.1. The standard InChI is InChI=1S/C14H14ClFO2/c1-18-14(17)13(16)8-12(9-2-3-9)10-4-6-11(15)7-5-10/h4-9,12H,2-3H2,1H3/b13-8-. The molecule has 1 aromatic carbocycles. The van der Waals surface area contributed by atoms with E-state index in [1.807, 2.05) is 12.1 Å². The lowest BCUT2D eigenvalue weighted by atomic mass is 9.93. The van der Waals surface area contributed by atoms with Crippen LogP contribution < -0.4 is 0 Å². The molecule has 4 heteroatoms. The average molecular weight is 269 g/mol. The van der Waals surface area contributed by atoms with Crippen molar-refractivity contribution in [2.45, 2.75) is 18.8 Å². The van der Waals surface area contributed by atoms with E-state index in [-0.39, 0.29) is 5.92 Å². The smallest absolute Gasteiger partial charge is 0.366 e. The molecule has 0 bridgehead atoms. The van der Waals surface area contributed by atoms with Crippen LogP contribution in [-0.2, 0) is 9.53 Å². The van der Waals surface area contributed by atoms with Crippen molar-refractivity contribution in [3.8, 4) is 0 Å². The van der Waals surface area contributed by atoms with Crippen LogP contribution in [0.4, 0.5) is 4.39 Å². The van der Waals surface area contributed by atoms with Crippen molar-refractivity contribution in [1.82, 2.24) is 0 Å². The zero-order valence-electron chi connectivity index (χ0n) is 10.0. The second-order valence-electron chi connectivity index (χ2n) is 4.42. The normalized spacial score (nSPS) is 17.4. The van der Waals surface area contributed by atoms with Crippen LogP contribution in [0.1, 0.15) is 24.3 Å². The van der Waals surface area contributed by atoms with Gasteiger partial charge in [0, 0.05) is 10.9 Å². The van der Waals surface area contributed by atoms with Crippen LogP contribution in [0.3, 0.4) is 0 Å². The Morgan fingerprint density at radius 2 is 2.06 bits per heavy atom. The van der Waals surface area contributed by atoms with Gasteiger partial charge in [-0.1, -0.05) is 23.7 Å². The van der Waals surface area contributed by atoms with Crippen molar-refractivity contribution in [2.75, 3.05) is 7.11 Å². The maximum absolute atomic E-state index is 13.6. The van der Waals surface area contributed by atoms with E-state index in [4.69, 9.17) is 11.6 Å². The van der Waals surface area contributed by atoms with Crippen LogP contribution in [0.2, 0.25) is 5.02 Å². The Morgan fingerprint density at radius 1 is 1.44 bits per heavy atom. The fourth-order valence-electron chi connectivity index (χ4n) is 1.97. The first-order chi connectivity index (χ1) is 8.61. The monoisotopic (exact) mass is 268 g/mol. The molecule has 0 amide bonds. The number of carbonyl (C=O) groups is 1. The van der Waals surface area contributed by atoms with Crippen molar-refractivity contribution >= 4 is 17.6 Å². The summed E-state index contributed by atoms with van der Waals surface area (Å²) in [4.78, 5) is 11.1. The summed E-state index contributed by atoms with van der Waals surface area (Å²) in [7, 11) is 1.17. The molecule has 2 nitrogen and oxygen atoms in total. The summed E-state index contributed by atoms with van der Waals surface area (Å²) in [6.07, 6.45) is 3.46. The van der Waals surface area contributed by atoms with Crippen molar-refractivity contribution in [3.05, 3.63) is 46.8 Å². The number of esters is 1. The van der Waals surface area contributed by atoms with E-state index in [1.54, 1.807) is 12.1 Å². The Balaban J connectivity index is 2.23. The molecule has 0 N–H and O–H groups in total. The van der Waals surface area contributed by atoms with E-state index in [9.17, 15) is 9.18 Å². The summed E-state index contributed by atoms with van der Waals surface area (Å²) in [5, 5.41) is 0.644. The largest absolute Gasteiger partial charge is 0.464 e. The molecule has 96 valence electrons. The topological polar surface area (TPSA) is 26.3 Å². The van der Waals surface area contributed by atoms with E-state index < -0.39 is 11.8 Å². The maximum atomic E-state index is 13.6. The van der Waals surface area contributed by atoms with Crippen molar-refractivity contribution in [3.63, 3.8) is 0 Å². The van der Waals surface area contributed by atoms with E-state index in [1.165, 1.54) is 13.2 Å². The highest BCUT2D eigenvalue weighted by molar-refractivity contribution is 6.30. The molecule has 0 saturated heterocycles. The Hall–Kier alpha value is -1.35. The number of hydrogen-bond donors (Lipinski definition) is 0. The summed E-state index contributed by atoms with van der Waals surface area (Å²) >= 11 is 5.83. The fourth-order valence-corrected chi connectivity index (χ4v) is 2.09. The molecule has 1 aliphatic rings. The molecule has 0 heterocycles. The quantitative estimate of drug-likeness (QED) is 0.612. The minimum absolute atomic E-state index is 0.0821. The lowest BCUT2D eigenvalue weighted by molar-refractivity contribution is -0.137. The van der Waals surface area contributed by atoms with Crippen LogP contribution in [0, 0.1) is 5.92 Å². The summed E-state index contributed by atoms with van der Waals surface area (Å²) in [5.41, 5.74) is 0.973. The second kappa shape index (κ2) is 5.53. The van der Waals surface area contributed by atoms with Gasteiger partial charge in [0.2, 0.25) is 5.83 Å². The molecule has 18 heavy (non-hydrogen) atoms. The van der Waals surface area contributed by atoms with Gasteiger partial charge in [-0.05, 0) is 42.5 Å². The molecule has 0 aromatic heterocycles. The van der Waals surface area contributed by atoms with E-state index >= 15 is 0 Å². The third-order valence-corrected chi connectivity index (χ3v) is 3.34. The van der Waals surface area contributed by atoms with Gasteiger partial charge in [-0.2, -0.15) is 4.39 Å². The highest BCUT2D eigenvalue weighted by Crippen LogP contribution is 2.44. The predicted octanol–water partition coefficient (Wildman–Crippen LogP) is 3.86. The van der Waals surface area contributed by atoms with Crippen LogP contribution in [0.15, 0.2) is 36.2 Å². The Kier molecular flexibility index (Phi) is 4.02. The van der Waals surface area contributed by atoms with Crippen molar-refractivity contribution in [2.24, 2.45) is 5.92 Å². The van der Waals surface area contributed by atoms with E-state index in [0.29, 0.717) is 10.9 Å². The minimum atomic E-state index is -0.922. The van der Waals surface area contributed by atoms with Crippen molar-refractivity contribution < 1.29 is 13.9 Å². The van der Waals surface area contributed by atoms with Crippen LogP contribution in [0.5, 0.6) is 0 Å². The van der Waals surface area contributed by atoms with E-state index in [2.05, 4.69) is 4.74 Å². The van der Waals surface area contributed by atoms with Gasteiger partial charge in [0.25, 0.3) is 0 Å². The molecule has 0 spiro atoms. The number of benzene rings is 1. The number of carbonyl (C=O) groups excluding carboxylic acids is 1. The molecule has 1 aromatic rings. The number of halogens is 2. The zero-order valence-corrected chi connectivity index (χ0v) is 10.8. The number of hydrogen-bond acceptors (Lipinski definition) is 2. The van der Waals surface area contributed by atoms with Gasteiger partial charge in [-0.25, -0.2) is 4.79 Å². The van der Waals surface area contributed by atoms with Gasteiger partial charge >= 0.3 is 5.97 Å². The van der Waals surface area contributed by atoms with Gasteiger partial charge in [-0.15, -0.1) is 0 Å². The minimum Gasteiger partial charge on any atom is -0.464 e. The number of methoxy groups -OCH3 is 1. The Bertz CT molecular complexity index is 463. The summed E-state index contributed by atoms with van der Waals surface area (Å²) in [6.45, 7) is 0. The van der Waals surface area contributed by atoms with Crippen LogP contribution >= 0.6 is 11.6 Å². The van der Waals surface area contributed by atoms with E-state index in [0.717, 1.165) is 18.4 Å². The first-order valence-electron chi connectivity index (χ1n) is 5.83. The van der Waals surface area contributed by atoms with Gasteiger partial charge in [0.1, 0.15) is 0 Å². The van der Waals surface area contributed by atoms with Gasteiger partial charge in [-0.3, -0.25) is 0 Å². The lowest BCUT2D eigenvalue weighted by Crippen LogP contribution is -2.05. The average Bonchev–Trinajstić information content (AvgIpc) is 3.20. The van der Waals surface area contributed by atoms with Crippen LogP contribution in [-0.4, -0.2) is 13.1 Å². The molecule has 0 aliphatic heterocycles. The highest BCUT2D eigenvalue weighted by atomic mass is 35.5. The lowest BCUT2D eigenvalue weighted by Gasteiger charge is -2.12. The predicted molar refractivity (Wildman–Crippen MR) is 68.1 cm³/mol. The Labute approximate surface area is 110 Å². The summed E-state index contributed by atoms with van der Waals surface area (Å²) < 4.78 is 17.9. The zero-order chi connectivity index (χ0) is 13.1. The van der Waals surface area contributed by atoms with Gasteiger partial charge < -0.3 is 4.74 Å². The number of rotatable bonds is 4.